The Bertz CT molecular complexity index is 800. The normalized spacial score (nSPS) is 14.3. The minimum atomic E-state index is -1.82. The second-order valence-electron chi connectivity index (χ2n) is 5.97. The van der Waals surface area contributed by atoms with Gasteiger partial charge in [-0.05, 0) is 13.8 Å². The van der Waals surface area contributed by atoms with Crippen LogP contribution in [0.2, 0.25) is 0 Å². The third kappa shape index (κ3) is 4.60. The summed E-state index contributed by atoms with van der Waals surface area (Å²) in [7, 11) is 0. The average molecular weight is 388 g/mol. The van der Waals surface area contributed by atoms with E-state index in [1.54, 1.807) is 13.8 Å². The molecule has 2 rings (SSSR count). The van der Waals surface area contributed by atoms with E-state index < -0.39 is 46.7 Å². The fourth-order valence-electron chi connectivity index (χ4n) is 2.27. The number of benzene rings is 1. The molecule has 3 amide bonds. The van der Waals surface area contributed by atoms with Crippen LogP contribution in [0.4, 0.5) is 23.2 Å². The Morgan fingerprint density at radius 3 is 2.30 bits per heavy atom. The first kappa shape index (κ1) is 20.3. The van der Waals surface area contributed by atoms with Crippen molar-refractivity contribution >= 4 is 29.1 Å². The van der Waals surface area contributed by atoms with Gasteiger partial charge in [0.25, 0.3) is 5.91 Å². The second-order valence-corrected chi connectivity index (χ2v) is 5.97. The van der Waals surface area contributed by atoms with Crippen molar-refractivity contribution in [3.8, 4) is 0 Å². The highest BCUT2D eigenvalue weighted by Crippen LogP contribution is 2.30. The zero-order chi connectivity index (χ0) is 20.3. The van der Waals surface area contributed by atoms with E-state index in [9.17, 15) is 31.9 Å². The maximum absolute atomic E-state index is 13.9. The molecule has 0 aliphatic carbocycles. The van der Waals surface area contributed by atoms with Crippen LogP contribution >= 0.6 is 0 Å². The highest BCUT2D eigenvalue weighted by Gasteiger charge is 2.32. The molecule has 0 aromatic heterocycles. The smallest absolute Gasteiger partial charge is 0.267 e. The van der Waals surface area contributed by atoms with E-state index in [1.807, 2.05) is 0 Å². The minimum Gasteiger partial charge on any atom is -0.352 e. The molecule has 11 heteroatoms. The lowest BCUT2D eigenvalue weighted by molar-refractivity contribution is -0.124. The molecular formula is C16H16F4N4O3. The zero-order valence-electron chi connectivity index (χ0n) is 14.4. The molecule has 7 nitrogen and oxygen atoms in total. The first-order valence-electron chi connectivity index (χ1n) is 7.92. The summed E-state index contributed by atoms with van der Waals surface area (Å²) < 4.78 is 54.6. The lowest BCUT2D eigenvalue weighted by Gasteiger charge is -2.24. The first-order chi connectivity index (χ1) is 12.6. The van der Waals surface area contributed by atoms with Gasteiger partial charge in [0.15, 0.2) is 23.3 Å². The van der Waals surface area contributed by atoms with Gasteiger partial charge in [0.1, 0.15) is 11.4 Å². The minimum absolute atomic E-state index is 0.00669. The fraction of sp³-hybridized carbons (Fsp3) is 0.375. The fourth-order valence-corrected chi connectivity index (χ4v) is 2.27. The van der Waals surface area contributed by atoms with Crippen LogP contribution in [-0.4, -0.2) is 36.0 Å². The number of hydrogen-bond acceptors (Lipinski definition) is 4. The Hall–Kier alpha value is -2.98. The number of hydrogen-bond donors (Lipinski definition) is 2. The molecule has 0 saturated carbocycles. The number of anilines is 1. The topological polar surface area (TPSA) is 90.9 Å². The molecule has 146 valence electrons. The summed E-state index contributed by atoms with van der Waals surface area (Å²) in [5.74, 6) is -9.35. The molecule has 1 aromatic rings. The number of carbonyl (C=O) groups excluding carboxylic acids is 3. The molecule has 0 unspecified atom stereocenters. The quantitative estimate of drug-likeness (QED) is 0.590. The van der Waals surface area contributed by atoms with Crippen molar-refractivity contribution < 1.29 is 31.9 Å². The molecule has 0 radical (unpaired) electrons. The molecule has 1 aliphatic rings. The van der Waals surface area contributed by atoms with Crippen LogP contribution in [0.15, 0.2) is 11.2 Å². The largest absolute Gasteiger partial charge is 0.352 e. The summed E-state index contributed by atoms with van der Waals surface area (Å²) in [5.41, 5.74) is -1.67. The maximum atomic E-state index is 13.9. The molecule has 27 heavy (non-hydrogen) atoms. The van der Waals surface area contributed by atoms with Gasteiger partial charge in [0.05, 0.1) is 6.54 Å². The number of nitrogens with zero attached hydrogens (tertiary/aromatic N) is 2. The van der Waals surface area contributed by atoms with E-state index in [0.29, 0.717) is 0 Å². The summed E-state index contributed by atoms with van der Waals surface area (Å²) in [6, 6.07) is -0.156. The number of rotatable bonds is 5. The van der Waals surface area contributed by atoms with E-state index in [0.717, 1.165) is 0 Å². The van der Waals surface area contributed by atoms with Gasteiger partial charge in [-0.25, -0.2) is 17.6 Å². The molecule has 0 bridgehead atoms. The van der Waals surface area contributed by atoms with Gasteiger partial charge in [-0.2, -0.15) is 10.1 Å². The van der Waals surface area contributed by atoms with E-state index >= 15 is 0 Å². The summed E-state index contributed by atoms with van der Waals surface area (Å²) in [4.78, 5) is 35.5. The van der Waals surface area contributed by atoms with Gasteiger partial charge in [-0.15, -0.1) is 0 Å². The van der Waals surface area contributed by atoms with Gasteiger partial charge in [-0.1, -0.05) is 0 Å². The van der Waals surface area contributed by atoms with Crippen molar-refractivity contribution in [1.82, 2.24) is 10.6 Å². The molecule has 0 atom stereocenters. The lowest BCUT2D eigenvalue weighted by Crippen LogP contribution is -2.44. The van der Waals surface area contributed by atoms with Crippen molar-refractivity contribution in [1.29, 1.82) is 0 Å². The van der Waals surface area contributed by atoms with Gasteiger partial charge in [-0.3, -0.25) is 14.4 Å². The van der Waals surface area contributed by atoms with Gasteiger partial charge >= 0.3 is 0 Å². The number of hydrazone groups is 1. The molecular weight excluding hydrogens is 372 g/mol. The Labute approximate surface area is 151 Å². The van der Waals surface area contributed by atoms with Crippen molar-refractivity contribution in [3.63, 3.8) is 0 Å². The number of halogens is 4. The first-order valence-corrected chi connectivity index (χ1v) is 7.92. The Balaban J connectivity index is 2.26. The molecule has 0 fully saturated rings. The average Bonchev–Trinajstić information content (AvgIpc) is 2.59. The lowest BCUT2D eigenvalue weighted by atomic mass is 10.1. The number of carbonyl (C=O) groups is 3. The van der Waals surface area contributed by atoms with Crippen molar-refractivity contribution in [2.75, 3.05) is 11.6 Å². The highest BCUT2D eigenvalue weighted by atomic mass is 19.2. The van der Waals surface area contributed by atoms with Crippen LogP contribution < -0.4 is 15.6 Å². The van der Waals surface area contributed by atoms with Crippen LogP contribution in [-0.2, 0) is 14.4 Å². The standard InChI is InChI=1S/C16H16F4N4O3/c1-7(2)22-11(25)6-21-16(27)10-3-4-12(26)24(23-10)15-13(19)8(17)5-9(18)14(15)20/h5,7H,3-4,6H2,1-2H3,(H,21,27)(H,22,25). The second kappa shape index (κ2) is 8.14. The van der Waals surface area contributed by atoms with Gasteiger partial charge < -0.3 is 10.6 Å². The van der Waals surface area contributed by atoms with Crippen LogP contribution in [0, 0.1) is 23.3 Å². The van der Waals surface area contributed by atoms with Crippen molar-refractivity contribution in [3.05, 3.63) is 29.3 Å². The summed E-state index contributed by atoms with van der Waals surface area (Å²) in [6.07, 6.45) is -0.546. The molecule has 1 aliphatic heterocycles. The SMILES string of the molecule is CC(C)NC(=O)CNC(=O)C1=NN(c2c(F)c(F)cc(F)c2F)C(=O)CC1. The van der Waals surface area contributed by atoms with Crippen molar-refractivity contribution in [2.24, 2.45) is 5.10 Å². The molecule has 0 spiro atoms. The summed E-state index contributed by atoms with van der Waals surface area (Å²) in [5, 5.41) is 8.40. The predicted octanol–water partition coefficient (Wildman–Crippen LogP) is 1.37. The molecule has 0 saturated heterocycles. The van der Waals surface area contributed by atoms with Crippen LogP contribution in [0.1, 0.15) is 26.7 Å². The molecule has 2 N–H and O–H groups in total. The Morgan fingerprint density at radius 1 is 1.15 bits per heavy atom. The van der Waals surface area contributed by atoms with Crippen molar-refractivity contribution in [2.45, 2.75) is 32.7 Å². The summed E-state index contributed by atoms with van der Waals surface area (Å²) in [6.45, 7) is 3.05. The monoisotopic (exact) mass is 388 g/mol. The third-order valence-electron chi connectivity index (χ3n) is 3.45. The highest BCUT2D eigenvalue weighted by molar-refractivity contribution is 6.40. The van der Waals surface area contributed by atoms with Gasteiger partial charge in [0, 0.05) is 24.9 Å². The van der Waals surface area contributed by atoms with E-state index in [2.05, 4.69) is 15.7 Å². The van der Waals surface area contributed by atoms with E-state index in [4.69, 9.17) is 0 Å². The Kier molecular flexibility index (Phi) is 6.13. The van der Waals surface area contributed by atoms with Gasteiger partial charge in [0.2, 0.25) is 11.8 Å². The third-order valence-corrected chi connectivity index (χ3v) is 3.45. The Morgan fingerprint density at radius 2 is 1.74 bits per heavy atom. The van der Waals surface area contributed by atoms with Crippen LogP contribution in [0.25, 0.3) is 0 Å². The van der Waals surface area contributed by atoms with Crippen LogP contribution in [0.3, 0.4) is 0 Å². The van der Waals surface area contributed by atoms with E-state index in [-0.39, 0.29) is 42.2 Å². The van der Waals surface area contributed by atoms with Crippen LogP contribution in [0.5, 0.6) is 0 Å². The number of nitrogens with one attached hydrogen (secondary N) is 2. The molecule has 1 heterocycles. The summed E-state index contributed by atoms with van der Waals surface area (Å²) >= 11 is 0. The zero-order valence-corrected chi connectivity index (χ0v) is 14.4. The predicted molar refractivity (Wildman–Crippen MR) is 86.7 cm³/mol. The van der Waals surface area contributed by atoms with E-state index in [1.165, 1.54) is 0 Å². The number of amides is 3. The molecule has 1 aromatic carbocycles. The maximum Gasteiger partial charge on any atom is 0.267 e.